The summed E-state index contributed by atoms with van der Waals surface area (Å²) in [6.07, 6.45) is 0.835. The normalized spacial score (nSPS) is 18.1. The standard InChI is InChI=1S/C18H14N2O3/c21-16-12-6-1-3-8-14(12)19-17-18(22-10-5-11-23-18)13-7-2-4-9-15(13)20(16)17/h1-4,6-9H,5,10-11H2. The van der Waals surface area contributed by atoms with E-state index in [2.05, 4.69) is 0 Å². The summed E-state index contributed by atoms with van der Waals surface area (Å²) in [4.78, 5) is 17.7. The fourth-order valence-corrected chi connectivity index (χ4v) is 3.46. The van der Waals surface area contributed by atoms with E-state index in [-0.39, 0.29) is 5.56 Å². The van der Waals surface area contributed by atoms with E-state index in [1.165, 1.54) is 0 Å². The Morgan fingerprint density at radius 1 is 1.00 bits per heavy atom. The molecule has 2 aliphatic rings. The van der Waals surface area contributed by atoms with Gasteiger partial charge in [-0.05, 0) is 24.6 Å². The summed E-state index contributed by atoms with van der Waals surface area (Å²) < 4.78 is 13.7. The number of hydrogen-bond acceptors (Lipinski definition) is 4. The number of fused-ring (bicyclic) bond motifs is 6. The molecule has 2 aromatic carbocycles. The average molecular weight is 306 g/mol. The minimum absolute atomic E-state index is 0.0901. The van der Waals surface area contributed by atoms with Gasteiger partial charge in [-0.2, -0.15) is 0 Å². The second-order valence-corrected chi connectivity index (χ2v) is 5.78. The summed E-state index contributed by atoms with van der Waals surface area (Å²) in [6, 6.07) is 15.1. The van der Waals surface area contributed by atoms with E-state index >= 15 is 0 Å². The van der Waals surface area contributed by atoms with Gasteiger partial charge in [0.25, 0.3) is 11.3 Å². The third-order valence-corrected chi connectivity index (χ3v) is 4.47. The van der Waals surface area contributed by atoms with Crippen molar-refractivity contribution in [2.75, 3.05) is 13.2 Å². The first kappa shape index (κ1) is 13.0. The number of rotatable bonds is 0. The van der Waals surface area contributed by atoms with Crippen molar-refractivity contribution in [2.45, 2.75) is 12.2 Å². The van der Waals surface area contributed by atoms with E-state index < -0.39 is 5.79 Å². The molecule has 0 aliphatic carbocycles. The highest BCUT2D eigenvalue weighted by atomic mass is 16.7. The predicted octanol–water partition coefficient (Wildman–Crippen LogP) is 2.34. The molecule has 0 bridgehead atoms. The van der Waals surface area contributed by atoms with E-state index in [9.17, 15) is 4.79 Å². The number of hydrogen-bond donors (Lipinski definition) is 0. The van der Waals surface area contributed by atoms with Gasteiger partial charge in [0.05, 0.1) is 29.8 Å². The van der Waals surface area contributed by atoms with Crippen LogP contribution in [0.25, 0.3) is 16.6 Å². The van der Waals surface area contributed by atoms with Gasteiger partial charge in [0.2, 0.25) is 0 Å². The zero-order valence-electron chi connectivity index (χ0n) is 12.4. The Hall–Kier alpha value is -2.50. The lowest BCUT2D eigenvalue weighted by Crippen LogP contribution is -2.39. The molecule has 3 aromatic rings. The Morgan fingerprint density at radius 3 is 2.61 bits per heavy atom. The molecular formula is C18H14N2O3. The molecule has 1 spiro atoms. The lowest BCUT2D eigenvalue weighted by molar-refractivity contribution is -0.250. The lowest BCUT2D eigenvalue weighted by Gasteiger charge is -2.33. The maximum absolute atomic E-state index is 13.0. The summed E-state index contributed by atoms with van der Waals surface area (Å²) in [5.74, 6) is -0.556. The van der Waals surface area contributed by atoms with Crippen molar-refractivity contribution in [3.63, 3.8) is 0 Å². The summed E-state index contributed by atoms with van der Waals surface area (Å²) in [5.41, 5.74) is 2.20. The van der Waals surface area contributed by atoms with Gasteiger partial charge in [-0.15, -0.1) is 0 Å². The van der Waals surface area contributed by atoms with E-state index in [4.69, 9.17) is 14.5 Å². The molecule has 3 heterocycles. The van der Waals surface area contributed by atoms with Crippen LogP contribution < -0.4 is 5.56 Å². The van der Waals surface area contributed by atoms with Crippen LogP contribution in [0.2, 0.25) is 0 Å². The number of benzene rings is 2. The fourth-order valence-electron chi connectivity index (χ4n) is 3.46. The molecule has 1 saturated heterocycles. The van der Waals surface area contributed by atoms with Crippen LogP contribution in [0.3, 0.4) is 0 Å². The van der Waals surface area contributed by atoms with Crippen molar-refractivity contribution >= 4 is 10.9 Å². The van der Waals surface area contributed by atoms with Crippen molar-refractivity contribution in [2.24, 2.45) is 0 Å². The highest BCUT2D eigenvalue weighted by Gasteiger charge is 2.50. The first-order valence-electron chi connectivity index (χ1n) is 7.71. The van der Waals surface area contributed by atoms with E-state index in [1.54, 1.807) is 10.6 Å². The van der Waals surface area contributed by atoms with Gasteiger partial charge in [0.15, 0.2) is 5.82 Å². The number of ether oxygens (including phenoxy) is 2. The van der Waals surface area contributed by atoms with Gasteiger partial charge in [-0.25, -0.2) is 4.98 Å². The number of nitrogens with zero attached hydrogens (tertiary/aromatic N) is 2. The van der Waals surface area contributed by atoms with E-state index in [1.807, 2.05) is 42.5 Å². The fraction of sp³-hybridized carbons (Fsp3) is 0.222. The van der Waals surface area contributed by atoms with Crippen LogP contribution in [0.1, 0.15) is 17.8 Å². The molecule has 5 rings (SSSR count). The molecular weight excluding hydrogens is 292 g/mol. The number of aromatic nitrogens is 2. The SMILES string of the molecule is O=c1c2ccccc2nc2n1-c1ccccc1C21OCCCO1. The van der Waals surface area contributed by atoms with Crippen molar-refractivity contribution in [1.82, 2.24) is 9.55 Å². The zero-order chi connectivity index (χ0) is 15.4. The molecule has 5 nitrogen and oxygen atoms in total. The topological polar surface area (TPSA) is 53.4 Å². The molecule has 1 aromatic heterocycles. The first-order valence-corrected chi connectivity index (χ1v) is 7.71. The summed E-state index contributed by atoms with van der Waals surface area (Å²) >= 11 is 0. The van der Waals surface area contributed by atoms with Gasteiger partial charge < -0.3 is 9.47 Å². The van der Waals surface area contributed by atoms with Crippen LogP contribution in [0.15, 0.2) is 53.3 Å². The van der Waals surface area contributed by atoms with Crippen LogP contribution in [-0.4, -0.2) is 22.8 Å². The highest BCUT2D eigenvalue weighted by Crippen LogP contribution is 2.44. The molecule has 23 heavy (non-hydrogen) atoms. The van der Waals surface area contributed by atoms with Gasteiger partial charge in [-0.3, -0.25) is 9.36 Å². The van der Waals surface area contributed by atoms with Crippen LogP contribution in [0.5, 0.6) is 0 Å². The van der Waals surface area contributed by atoms with Crippen molar-refractivity contribution < 1.29 is 9.47 Å². The molecule has 0 N–H and O–H groups in total. The Balaban J connectivity index is 1.94. The highest BCUT2D eigenvalue weighted by molar-refractivity contribution is 5.78. The smallest absolute Gasteiger partial charge is 0.266 e. The Morgan fingerprint density at radius 2 is 1.74 bits per heavy atom. The maximum Gasteiger partial charge on any atom is 0.266 e. The van der Waals surface area contributed by atoms with Crippen molar-refractivity contribution in [3.8, 4) is 5.69 Å². The molecule has 0 amide bonds. The molecule has 1 fully saturated rings. The quantitative estimate of drug-likeness (QED) is 0.640. The minimum atomic E-state index is -1.07. The Kier molecular flexibility index (Phi) is 2.54. The van der Waals surface area contributed by atoms with Crippen LogP contribution in [0.4, 0.5) is 0 Å². The lowest BCUT2D eigenvalue weighted by atomic mass is 10.1. The summed E-state index contributed by atoms with van der Waals surface area (Å²) in [5, 5.41) is 0.596. The molecule has 0 saturated carbocycles. The minimum Gasteiger partial charge on any atom is -0.340 e. The molecule has 0 atom stereocenters. The average Bonchev–Trinajstić information content (AvgIpc) is 2.87. The maximum atomic E-state index is 13.0. The van der Waals surface area contributed by atoms with Crippen LogP contribution >= 0.6 is 0 Å². The number of para-hydroxylation sites is 2. The Labute approximate surface area is 132 Å². The molecule has 5 heteroatoms. The predicted molar refractivity (Wildman–Crippen MR) is 84.6 cm³/mol. The monoisotopic (exact) mass is 306 g/mol. The summed E-state index contributed by atoms with van der Waals surface area (Å²) in [7, 11) is 0. The van der Waals surface area contributed by atoms with Gasteiger partial charge in [-0.1, -0.05) is 30.3 Å². The Bertz CT molecular complexity index is 987. The van der Waals surface area contributed by atoms with Gasteiger partial charge in [0, 0.05) is 5.56 Å². The van der Waals surface area contributed by atoms with Gasteiger partial charge in [0.1, 0.15) is 0 Å². The second-order valence-electron chi connectivity index (χ2n) is 5.78. The van der Waals surface area contributed by atoms with Crippen molar-refractivity contribution in [3.05, 3.63) is 70.3 Å². The molecule has 0 radical (unpaired) electrons. The van der Waals surface area contributed by atoms with Gasteiger partial charge >= 0.3 is 0 Å². The third kappa shape index (κ3) is 1.58. The first-order chi connectivity index (χ1) is 11.3. The largest absolute Gasteiger partial charge is 0.340 e. The van der Waals surface area contributed by atoms with E-state index in [0.717, 1.165) is 17.7 Å². The van der Waals surface area contributed by atoms with Crippen molar-refractivity contribution in [1.29, 1.82) is 0 Å². The van der Waals surface area contributed by atoms with E-state index in [0.29, 0.717) is 29.9 Å². The summed E-state index contributed by atoms with van der Waals surface area (Å²) in [6.45, 7) is 1.16. The molecule has 114 valence electrons. The molecule has 0 unspecified atom stereocenters. The zero-order valence-corrected chi connectivity index (χ0v) is 12.4. The molecule has 2 aliphatic heterocycles. The third-order valence-electron chi connectivity index (χ3n) is 4.47. The van der Waals surface area contributed by atoms with Crippen LogP contribution in [-0.2, 0) is 15.3 Å². The van der Waals surface area contributed by atoms with Crippen LogP contribution in [0, 0.1) is 0 Å². The second kappa shape index (κ2) is 4.50.